The van der Waals surface area contributed by atoms with Crippen LogP contribution < -0.4 is 5.73 Å². The molecule has 0 aliphatic heterocycles. The average molecular weight is 252 g/mol. The van der Waals surface area contributed by atoms with Crippen molar-refractivity contribution >= 4 is 11.3 Å². The van der Waals surface area contributed by atoms with Gasteiger partial charge in [-0.05, 0) is 54.1 Å². The molecule has 2 rings (SSSR count). The Hall–Kier alpha value is -0.380. The van der Waals surface area contributed by atoms with Crippen LogP contribution in [0.4, 0.5) is 0 Å². The van der Waals surface area contributed by atoms with Gasteiger partial charge in [0.2, 0.25) is 0 Å². The number of hydrogen-bond acceptors (Lipinski definition) is 3. The third-order valence-electron chi connectivity index (χ3n) is 4.04. The molecule has 0 aromatic carbocycles. The van der Waals surface area contributed by atoms with Crippen molar-refractivity contribution in [3.05, 3.63) is 22.4 Å². The summed E-state index contributed by atoms with van der Waals surface area (Å²) < 4.78 is 0. The Morgan fingerprint density at radius 2 is 2.29 bits per heavy atom. The van der Waals surface area contributed by atoms with E-state index in [0.717, 1.165) is 18.3 Å². The van der Waals surface area contributed by atoms with Crippen molar-refractivity contribution < 1.29 is 0 Å². The number of likely N-dealkylation sites (N-methyl/N-ethyl adjacent to an activating group) is 1. The third kappa shape index (κ3) is 3.09. The van der Waals surface area contributed by atoms with Gasteiger partial charge in [0.25, 0.3) is 0 Å². The van der Waals surface area contributed by atoms with E-state index in [2.05, 4.69) is 42.6 Å². The molecule has 17 heavy (non-hydrogen) atoms. The molecule has 2 N–H and O–H groups in total. The molecule has 0 radical (unpaired) electrons. The van der Waals surface area contributed by atoms with Crippen LogP contribution in [0.5, 0.6) is 0 Å². The van der Waals surface area contributed by atoms with E-state index in [1.165, 1.54) is 18.5 Å². The van der Waals surface area contributed by atoms with Gasteiger partial charge in [0, 0.05) is 12.6 Å². The maximum atomic E-state index is 6.30. The van der Waals surface area contributed by atoms with Crippen LogP contribution in [0, 0.1) is 11.8 Å². The standard InChI is InChI=1S/C14H24N2S/c1-4-13(15)14(11-5-6-17-9-11)16(3)8-12-7-10(12)2/h5-6,9-10,12-14H,4,7-8,15H2,1-3H3. The molecule has 1 aromatic rings. The number of thiophene rings is 1. The first kappa shape index (κ1) is 13.1. The van der Waals surface area contributed by atoms with E-state index >= 15 is 0 Å². The molecule has 0 amide bonds. The molecule has 1 heterocycles. The van der Waals surface area contributed by atoms with Crippen LogP contribution in [0.15, 0.2) is 16.8 Å². The van der Waals surface area contributed by atoms with Gasteiger partial charge < -0.3 is 5.73 Å². The van der Waals surface area contributed by atoms with E-state index in [4.69, 9.17) is 5.73 Å². The van der Waals surface area contributed by atoms with Gasteiger partial charge in [-0.2, -0.15) is 11.3 Å². The topological polar surface area (TPSA) is 29.3 Å². The van der Waals surface area contributed by atoms with Gasteiger partial charge in [0.1, 0.15) is 0 Å². The zero-order valence-electron chi connectivity index (χ0n) is 11.1. The number of nitrogens with two attached hydrogens (primary N) is 1. The predicted molar refractivity (Wildman–Crippen MR) is 75.2 cm³/mol. The van der Waals surface area contributed by atoms with E-state index in [-0.39, 0.29) is 6.04 Å². The zero-order chi connectivity index (χ0) is 12.4. The molecule has 4 atom stereocenters. The molecule has 2 nitrogen and oxygen atoms in total. The molecule has 1 fully saturated rings. The lowest BCUT2D eigenvalue weighted by Gasteiger charge is -2.32. The molecule has 4 unspecified atom stereocenters. The fourth-order valence-electron chi connectivity index (χ4n) is 2.63. The monoisotopic (exact) mass is 252 g/mol. The van der Waals surface area contributed by atoms with Crippen molar-refractivity contribution in [1.82, 2.24) is 4.90 Å². The maximum absolute atomic E-state index is 6.30. The highest BCUT2D eigenvalue weighted by atomic mass is 32.1. The van der Waals surface area contributed by atoms with E-state index in [1.54, 1.807) is 11.3 Å². The summed E-state index contributed by atoms with van der Waals surface area (Å²) in [5.74, 6) is 1.81. The quantitative estimate of drug-likeness (QED) is 0.843. The summed E-state index contributed by atoms with van der Waals surface area (Å²) in [6.45, 7) is 5.71. The Morgan fingerprint density at radius 1 is 1.59 bits per heavy atom. The van der Waals surface area contributed by atoms with Gasteiger partial charge >= 0.3 is 0 Å². The van der Waals surface area contributed by atoms with E-state index in [0.29, 0.717) is 6.04 Å². The summed E-state index contributed by atoms with van der Waals surface area (Å²) in [4.78, 5) is 2.46. The highest BCUT2D eigenvalue weighted by Crippen LogP contribution is 2.39. The summed E-state index contributed by atoms with van der Waals surface area (Å²) in [7, 11) is 2.23. The van der Waals surface area contributed by atoms with Crippen molar-refractivity contribution in [2.75, 3.05) is 13.6 Å². The molecule has 1 aliphatic rings. The summed E-state index contributed by atoms with van der Waals surface area (Å²) >= 11 is 1.77. The van der Waals surface area contributed by atoms with Gasteiger partial charge in [0.05, 0.1) is 6.04 Å². The van der Waals surface area contributed by atoms with Gasteiger partial charge in [-0.1, -0.05) is 13.8 Å². The molecule has 1 aliphatic carbocycles. The van der Waals surface area contributed by atoms with E-state index < -0.39 is 0 Å². The minimum Gasteiger partial charge on any atom is -0.326 e. The maximum Gasteiger partial charge on any atom is 0.0504 e. The zero-order valence-corrected chi connectivity index (χ0v) is 11.9. The molecule has 1 saturated carbocycles. The van der Waals surface area contributed by atoms with Gasteiger partial charge in [-0.3, -0.25) is 4.90 Å². The molecule has 0 spiro atoms. The molecular formula is C14H24N2S. The average Bonchev–Trinajstić information content (AvgIpc) is 2.81. The predicted octanol–water partition coefficient (Wildman–Crippen LogP) is 3.11. The minimum absolute atomic E-state index is 0.239. The highest BCUT2D eigenvalue weighted by Gasteiger charge is 2.35. The lowest BCUT2D eigenvalue weighted by molar-refractivity contribution is 0.199. The van der Waals surface area contributed by atoms with Crippen LogP contribution in [0.2, 0.25) is 0 Å². The molecule has 0 bridgehead atoms. The summed E-state index contributed by atoms with van der Waals surface area (Å²) in [5.41, 5.74) is 7.69. The Labute approximate surface area is 109 Å². The Bertz CT molecular complexity index is 336. The number of nitrogens with zero attached hydrogens (tertiary/aromatic N) is 1. The molecule has 96 valence electrons. The first-order valence-corrected chi connectivity index (χ1v) is 7.55. The van der Waals surface area contributed by atoms with Crippen molar-refractivity contribution in [2.24, 2.45) is 17.6 Å². The second-order valence-electron chi connectivity index (χ2n) is 5.49. The van der Waals surface area contributed by atoms with Crippen LogP contribution in [-0.4, -0.2) is 24.5 Å². The van der Waals surface area contributed by atoms with Crippen molar-refractivity contribution in [3.63, 3.8) is 0 Å². The van der Waals surface area contributed by atoms with E-state index in [1.807, 2.05) is 0 Å². The van der Waals surface area contributed by atoms with Crippen molar-refractivity contribution in [1.29, 1.82) is 0 Å². The molecule has 0 saturated heterocycles. The van der Waals surface area contributed by atoms with Crippen LogP contribution in [0.25, 0.3) is 0 Å². The Kier molecular flexibility index (Phi) is 4.23. The normalized spacial score (nSPS) is 27.1. The number of rotatable bonds is 6. The SMILES string of the molecule is CCC(N)C(c1ccsc1)N(C)CC1CC1C. The fraction of sp³-hybridized carbons (Fsp3) is 0.714. The first-order valence-electron chi connectivity index (χ1n) is 6.61. The van der Waals surface area contributed by atoms with E-state index in [9.17, 15) is 0 Å². The largest absolute Gasteiger partial charge is 0.326 e. The van der Waals surface area contributed by atoms with Crippen LogP contribution >= 0.6 is 11.3 Å². The van der Waals surface area contributed by atoms with Crippen LogP contribution in [-0.2, 0) is 0 Å². The second-order valence-corrected chi connectivity index (χ2v) is 6.27. The van der Waals surface area contributed by atoms with Gasteiger partial charge in [-0.25, -0.2) is 0 Å². The third-order valence-corrected chi connectivity index (χ3v) is 4.74. The lowest BCUT2D eigenvalue weighted by atomic mass is 9.99. The van der Waals surface area contributed by atoms with Crippen molar-refractivity contribution in [3.8, 4) is 0 Å². The van der Waals surface area contributed by atoms with Crippen LogP contribution in [0.3, 0.4) is 0 Å². The number of hydrogen-bond donors (Lipinski definition) is 1. The molecular weight excluding hydrogens is 228 g/mol. The highest BCUT2D eigenvalue weighted by molar-refractivity contribution is 7.07. The van der Waals surface area contributed by atoms with Crippen LogP contribution in [0.1, 0.15) is 38.3 Å². The summed E-state index contributed by atoms with van der Waals surface area (Å²) in [6.07, 6.45) is 2.42. The lowest BCUT2D eigenvalue weighted by Crippen LogP contribution is -2.39. The Balaban J connectivity index is 2.04. The first-order chi connectivity index (χ1) is 8.13. The van der Waals surface area contributed by atoms with Gasteiger partial charge in [0.15, 0.2) is 0 Å². The smallest absolute Gasteiger partial charge is 0.0504 e. The minimum atomic E-state index is 0.239. The second kappa shape index (κ2) is 5.51. The summed E-state index contributed by atoms with van der Waals surface area (Å²) in [5, 5.41) is 4.39. The van der Waals surface area contributed by atoms with Crippen molar-refractivity contribution in [2.45, 2.75) is 38.8 Å². The Morgan fingerprint density at radius 3 is 2.76 bits per heavy atom. The summed E-state index contributed by atoms with van der Waals surface area (Å²) in [6, 6.07) is 2.85. The fourth-order valence-corrected chi connectivity index (χ4v) is 3.32. The van der Waals surface area contributed by atoms with Gasteiger partial charge in [-0.15, -0.1) is 0 Å². The molecule has 1 aromatic heterocycles. The molecule has 3 heteroatoms.